The molecule has 0 fully saturated rings. The molecule has 1 aromatic carbocycles. The van der Waals surface area contributed by atoms with Crippen molar-refractivity contribution in [1.29, 1.82) is 0 Å². The van der Waals surface area contributed by atoms with Gasteiger partial charge >= 0.3 is 5.97 Å². The fourth-order valence-corrected chi connectivity index (χ4v) is 1.26. The lowest BCUT2D eigenvalue weighted by molar-refractivity contribution is -0.118. The van der Waals surface area contributed by atoms with E-state index in [4.69, 9.17) is 10.9 Å². The maximum atomic E-state index is 11.6. The van der Waals surface area contributed by atoms with E-state index in [1.54, 1.807) is 13.8 Å². The molecule has 0 aliphatic carbocycles. The van der Waals surface area contributed by atoms with Crippen LogP contribution in [0.15, 0.2) is 23.2 Å². The van der Waals surface area contributed by atoms with Crippen LogP contribution in [0.25, 0.3) is 0 Å². The third-order valence-corrected chi connectivity index (χ3v) is 2.31. The maximum absolute atomic E-state index is 11.6. The largest absolute Gasteiger partial charge is 0.478 e. The highest BCUT2D eigenvalue weighted by Crippen LogP contribution is 2.26. The molecule has 0 unspecified atom stereocenters. The molecule has 7 nitrogen and oxygen atoms in total. The van der Waals surface area contributed by atoms with Crippen LogP contribution in [0, 0.1) is 5.92 Å². The van der Waals surface area contributed by atoms with E-state index < -0.39 is 5.97 Å². The molecule has 20 heavy (non-hydrogen) atoms. The maximum Gasteiger partial charge on any atom is 0.335 e. The number of carboxylic acid groups (broad SMARTS) is 1. The van der Waals surface area contributed by atoms with E-state index in [0.29, 0.717) is 11.4 Å². The van der Waals surface area contributed by atoms with Gasteiger partial charge in [0.1, 0.15) is 6.34 Å². The fourth-order valence-electron chi connectivity index (χ4n) is 1.26. The zero-order valence-corrected chi connectivity index (χ0v) is 11.9. The third kappa shape index (κ3) is 4.87. The predicted molar refractivity (Wildman–Crippen MR) is 79.6 cm³/mol. The van der Waals surface area contributed by atoms with E-state index in [9.17, 15) is 9.59 Å². The average Bonchev–Trinajstić information content (AvgIpc) is 2.37. The highest BCUT2D eigenvalue weighted by molar-refractivity contribution is 5.97. The second-order valence-corrected chi connectivity index (χ2v) is 4.11. The number of halogens is 1. The standard InChI is InChI=1S/C12H16N4O3.ClH/c1-7(2)11(17)16-9-4-3-8(12(18)19)5-10(9)14-6-15-13;/h3-7H,13H2,1-2H3,(H,14,15)(H,16,17)(H,18,19);1H. The summed E-state index contributed by atoms with van der Waals surface area (Å²) in [5, 5.41) is 11.6. The molecule has 5 N–H and O–H groups in total. The lowest BCUT2D eigenvalue weighted by Gasteiger charge is -2.10. The van der Waals surface area contributed by atoms with Gasteiger partial charge in [0.05, 0.1) is 16.9 Å². The molecule has 0 saturated carbocycles. The zero-order valence-electron chi connectivity index (χ0n) is 11.1. The molecule has 0 aromatic heterocycles. The first kappa shape index (κ1) is 17.9. The van der Waals surface area contributed by atoms with E-state index in [0.717, 1.165) is 0 Å². The van der Waals surface area contributed by atoms with Crippen molar-refractivity contribution in [3.63, 3.8) is 0 Å². The van der Waals surface area contributed by atoms with Gasteiger partial charge in [0.2, 0.25) is 5.91 Å². The minimum Gasteiger partial charge on any atom is -0.478 e. The topological polar surface area (TPSA) is 117 Å². The predicted octanol–water partition coefficient (Wildman–Crippen LogP) is 1.52. The van der Waals surface area contributed by atoms with Crippen molar-refractivity contribution in [1.82, 2.24) is 5.43 Å². The van der Waals surface area contributed by atoms with Gasteiger partial charge in [-0.25, -0.2) is 15.6 Å². The number of carbonyl (C=O) groups excluding carboxylic acids is 1. The van der Waals surface area contributed by atoms with Crippen LogP contribution in [0.3, 0.4) is 0 Å². The Bertz CT molecular complexity index is 517. The Morgan fingerprint density at radius 2 is 2.05 bits per heavy atom. The molecular formula is C12H17ClN4O3. The molecule has 0 spiro atoms. The van der Waals surface area contributed by atoms with Gasteiger partial charge in [-0.15, -0.1) is 12.4 Å². The molecule has 1 aromatic rings. The Hall–Kier alpha value is -2.12. The van der Waals surface area contributed by atoms with Crippen LogP contribution >= 0.6 is 12.4 Å². The van der Waals surface area contributed by atoms with Gasteiger partial charge in [-0.3, -0.25) is 4.79 Å². The lowest BCUT2D eigenvalue weighted by atomic mass is 10.1. The smallest absolute Gasteiger partial charge is 0.335 e. The van der Waals surface area contributed by atoms with E-state index in [-0.39, 0.29) is 29.8 Å². The van der Waals surface area contributed by atoms with Gasteiger partial charge in [0.15, 0.2) is 0 Å². The van der Waals surface area contributed by atoms with Crippen LogP contribution in [0.5, 0.6) is 0 Å². The van der Waals surface area contributed by atoms with Crippen molar-refractivity contribution in [3.8, 4) is 0 Å². The number of aliphatic imine (C=N–C) groups is 1. The summed E-state index contributed by atoms with van der Waals surface area (Å²) in [5.41, 5.74) is 3.03. The number of amides is 1. The Morgan fingerprint density at radius 1 is 1.40 bits per heavy atom. The molecule has 0 atom stereocenters. The number of carbonyl (C=O) groups is 2. The Labute approximate surface area is 122 Å². The SMILES string of the molecule is CC(C)C(=O)Nc1ccc(C(=O)O)cc1N=CNN.Cl. The van der Waals surface area contributed by atoms with Crippen LogP contribution in [0.1, 0.15) is 24.2 Å². The summed E-state index contributed by atoms with van der Waals surface area (Å²) in [5.74, 6) is 3.63. The minimum absolute atomic E-state index is 0. The van der Waals surface area contributed by atoms with Gasteiger partial charge in [-0.1, -0.05) is 13.8 Å². The van der Waals surface area contributed by atoms with Crippen LogP contribution in [0.2, 0.25) is 0 Å². The summed E-state index contributed by atoms with van der Waals surface area (Å²) in [4.78, 5) is 26.5. The number of nitrogens with zero attached hydrogens (tertiary/aromatic N) is 1. The fraction of sp³-hybridized carbons (Fsp3) is 0.250. The molecule has 0 bridgehead atoms. The number of benzene rings is 1. The molecule has 0 aliphatic heterocycles. The van der Waals surface area contributed by atoms with Crippen LogP contribution < -0.4 is 16.6 Å². The van der Waals surface area contributed by atoms with Crippen LogP contribution in [0.4, 0.5) is 11.4 Å². The molecule has 1 rings (SSSR count). The minimum atomic E-state index is -1.07. The van der Waals surface area contributed by atoms with Crippen molar-refractivity contribution >= 4 is 42.0 Å². The van der Waals surface area contributed by atoms with E-state index >= 15 is 0 Å². The van der Waals surface area contributed by atoms with Crippen molar-refractivity contribution in [3.05, 3.63) is 23.8 Å². The van der Waals surface area contributed by atoms with Crippen molar-refractivity contribution in [2.45, 2.75) is 13.8 Å². The Kier molecular flexibility index (Phi) is 7.27. The summed E-state index contributed by atoms with van der Waals surface area (Å²) >= 11 is 0. The second-order valence-electron chi connectivity index (χ2n) is 4.11. The van der Waals surface area contributed by atoms with E-state index in [1.165, 1.54) is 24.5 Å². The Morgan fingerprint density at radius 3 is 2.55 bits per heavy atom. The van der Waals surface area contributed by atoms with Gasteiger partial charge in [-0.2, -0.15) is 0 Å². The molecule has 0 heterocycles. The number of hydrogen-bond acceptors (Lipinski definition) is 4. The number of hydrogen-bond donors (Lipinski definition) is 4. The number of carboxylic acids is 1. The van der Waals surface area contributed by atoms with E-state index in [2.05, 4.69) is 15.7 Å². The number of hydrazine groups is 1. The first-order valence-electron chi connectivity index (χ1n) is 5.62. The summed E-state index contributed by atoms with van der Waals surface area (Å²) in [6.45, 7) is 3.51. The molecule has 8 heteroatoms. The van der Waals surface area contributed by atoms with Crippen LogP contribution in [-0.4, -0.2) is 23.3 Å². The van der Waals surface area contributed by atoms with E-state index in [1.807, 2.05) is 0 Å². The van der Waals surface area contributed by atoms with Crippen LogP contribution in [-0.2, 0) is 4.79 Å². The molecular weight excluding hydrogens is 284 g/mol. The second kappa shape index (κ2) is 8.13. The van der Waals surface area contributed by atoms with Gasteiger partial charge in [0.25, 0.3) is 0 Å². The molecule has 0 radical (unpaired) electrons. The first-order chi connectivity index (χ1) is 8.95. The molecule has 0 aliphatic rings. The molecule has 1 amide bonds. The Balaban J connectivity index is 0.00000361. The zero-order chi connectivity index (χ0) is 14.4. The number of nitrogens with one attached hydrogen (secondary N) is 2. The average molecular weight is 301 g/mol. The quantitative estimate of drug-likeness (QED) is 0.285. The van der Waals surface area contributed by atoms with Gasteiger partial charge in [-0.05, 0) is 18.2 Å². The monoisotopic (exact) mass is 300 g/mol. The van der Waals surface area contributed by atoms with Gasteiger partial charge in [0, 0.05) is 5.92 Å². The third-order valence-electron chi connectivity index (χ3n) is 2.31. The normalized spacial score (nSPS) is 10.2. The van der Waals surface area contributed by atoms with Gasteiger partial charge < -0.3 is 15.8 Å². The van der Waals surface area contributed by atoms with Crippen molar-refractivity contribution in [2.24, 2.45) is 16.8 Å². The number of nitrogens with two attached hydrogens (primary N) is 1. The summed E-state index contributed by atoms with van der Waals surface area (Å²) < 4.78 is 0. The number of rotatable bonds is 5. The number of anilines is 1. The highest BCUT2D eigenvalue weighted by Gasteiger charge is 2.12. The summed E-state index contributed by atoms with van der Waals surface area (Å²) in [6, 6.07) is 4.24. The van der Waals surface area contributed by atoms with Crippen molar-refractivity contribution in [2.75, 3.05) is 5.32 Å². The highest BCUT2D eigenvalue weighted by atomic mass is 35.5. The summed E-state index contributed by atoms with van der Waals surface area (Å²) in [6.07, 6.45) is 1.20. The number of aromatic carboxylic acids is 1. The first-order valence-corrected chi connectivity index (χ1v) is 5.62. The van der Waals surface area contributed by atoms with Crippen molar-refractivity contribution < 1.29 is 14.7 Å². The molecule has 0 saturated heterocycles. The molecule has 110 valence electrons. The summed E-state index contributed by atoms with van der Waals surface area (Å²) in [7, 11) is 0. The lowest BCUT2D eigenvalue weighted by Crippen LogP contribution is -2.19.